The summed E-state index contributed by atoms with van der Waals surface area (Å²) in [6.45, 7) is 3.00. The minimum absolute atomic E-state index is 0.373. The molecule has 0 aliphatic heterocycles. The highest BCUT2D eigenvalue weighted by atomic mass is 16.5. The molecule has 0 aliphatic rings. The Hall–Kier alpha value is -2.77. The molecule has 2 rings (SSSR count). The number of benzene rings is 1. The Bertz CT molecular complexity index is 771. The summed E-state index contributed by atoms with van der Waals surface area (Å²) in [5, 5.41) is 10.5. The molecule has 22 heavy (non-hydrogen) atoms. The van der Waals surface area contributed by atoms with Gasteiger partial charge >= 0.3 is 5.97 Å². The summed E-state index contributed by atoms with van der Waals surface area (Å²) in [4.78, 5) is 35.8. The molecule has 8 nitrogen and oxygen atoms in total. The van der Waals surface area contributed by atoms with E-state index in [-0.39, 0.29) is 0 Å². The lowest BCUT2D eigenvalue weighted by molar-refractivity contribution is -0.144. The zero-order valence-corrected chi connectivity index (χ0v) is 12.4. The molecule has 2 atom stereocenters. The topological polar surface area (TPSA) is 103 Å². The highest BCUT2D eigenvalue weighted by Crippen LogP contribution is 2.07. The Balaban J connectivity index is 2.28. The summed E-state index contributed by atoms with van der Waals surface area (Å²) in [7, 11) is 1.23. The van der Waals surface area contributed by atoms with Crippen molar-refractivity contribution in [3.8, 4) is 0 Å². The van der Waals surface area contributed by atoms with E-state index < -0.39 is 29.5 Å². The van der Waals surface area contributed by atoms with E-state index in [1.54, 1.807) is 24.3 Å². The summed E-state index contributed by atoms with van der Waals surface area (Å²) in [5.41, 5.74) is 0.0401. The maximum Gasteiger partial charge on any atom is 0.328 e. The number of ether oxygens (including phenoxy) is 1. The van der Waals surface area contributed by atoms with Gasteiger partial charge in [0, 0.05) is 0 Å². The third-order valence-electron chi connectivity index (χ3n) is 3.25. The van der Waals surface area contributed by atoms with Crippen LogP contribution in [0.2, 0.25) is 0 Å². The molecule has 0 fully saturated rings. The number of carbonyl (C=O) groups is 2. The fourth-order valence-corrected chi connectivity index (χ4v) is 1.94. The SMILES string of the molecule is COC(=O)C(C)NC(=O)C(C)n1nnc2ccccc2c1=O. The van der Waals surface area contributed by atoms with Gasteiger partial charge in [-0.25, -0.2) is 4.79 Å². The zero-order chi connectivity index (χ0) is 16.3. The standard InChI is InChI=1S/C14H16N4O4/c1-8(14(21)22-3)15-12(19)9(2)18-13(20)10-6-4-5-7-11(10)16-17-18/h4-9H,1-3H3,(H,15,19). The van der Waals surface area contributed by atoms with Gasteiger partial charge in [-0.05, 0) is 26.0 Å². The first-order chi connectivity index (χ1) is 10.5. The number of nitrogens with zero attached hydrogens (tertiary/aromatic N) is 3. The van der Waals surface area contributed by atoms with Crippen molar-refractivity contribution >= 4 is 22.8 Å². The number of carbonyl (C=O) groups excluding carboxylic acids is 2. The van der Waals surface area contributed by atoms with Crippen LogP contribution in [0, 0.1) is 0 Å². The molecule has 1 aromatic heterocycles. The molecule has 0 spiro atoms. The number of fused-ring (bicyclic) bond motifs is 1. The second kappa shape index (κ2) is 6.33. The van der Waals surface area contributed by atoms with Crippen molar-refractivity contribution in [3.05, 3.63) is 34.6 Å². The van der Waals surface area contributed by atoms with Crippen LogP contribution in [0.4, 0.5) is 0 Å². The molecule has 0 aliphatic carbocycles. The molecule has 1 amide bonds. The van der Waals surface area contributed by atoms with E-state index >= 15 is 0 Å². The molecule has 0 saturated carbocycles. The number of amides is 1. The van der Waals surface area contributed by atoms with Gasteiger partial charge in [-0.15, -0.1) is 5.10 Å². The van der Waals surface area contributed by atoms with Crippen LogP contribution in [0.5, 0.6) is 0 Å². The van der Waals surface area contributed by atoms with Crippen molar-refractivity contribution in [1.82, 2.24) is 20.3 Å². The quantitative estimate of drug-likeness (QED) is 0.799. The first-order valence-corrected chi connectivity index (χ1v) is 6.68. The van der Waals surface area contributed by atoms with E-state index in [0.29, 0.717) is 10.9 Å². The van der Waals surface area contributed by atoms with Crippen LogP contribution in [0.3, 0.4) is 0 Å². The van der Waals surface area contributed by atoms with Crippen LogP contribution in [-0.2, 0) is 14.3 Å². The molecule has 2 unspecified atom stereocenters. The normalized spacial score (nSPS) is 13.4. The average Bonchev–Trinajstić information content (AvgIpc) is 2.53. The molecule has 0 bridgehead atoms. The Kier molecular flexibility index (Phi) is 4.50. The van der Waals surface area contributed by atoms with Crippen molar-refractivity contribution < 1.29 is 14.3 Å². The van der Waals surface area contributed by atoms with Gasteiger partial charge in [-0.3, -0.25) is 9.59 Å². The van der Waals surface area contributed by atoms with E-state index in [2.05, 4.69) is 20.4 Å². The number of aromatic nitrogens is 3. The lowest BCUT2D eigenvalue weighted by Gasteiger charge is -2.16. The monoisotopic (exact) mass is 304 g/mol. The number of esters is 1. The van der Waals surface area contributed by atoms with Gasteiger partial charge in [0.25, 0.3) is 5.56 Å². The van der Waals surface area contributed by atoms with E-state index in [0.717, 1.165) is 4.68 Å². The van der Waals surface area contributed by atoms with Crippen LogP contribution >= 0.6 is 0 Å². The van der Waals surface area contributed by atoms with Crippen molar-refractivity contribution in [2.75, 3.05) is 7.11 Å². The molecule has 1 heterocycles. The maximum absolute atomic E-state index is 12.3. The van der Waals surface area contributed by atoms with E-state index in [4.69, 9.17) is 0 Å². The Morgan fingerprint density at radius 2 is 1.95 bits per heavy atom. The summed E-state index contributed by atoms with van der Waals surface area (Å²) in [5.74, 6) is -1.10. The lowest BCUT2D eigenvalue weighted by atomic mass is 10.2. The average molecular weight is 304 g/mol. The molecule has 2 aromatic rings. The summed E-state index contributed by atoms with van der Waals surface area (Å²) < 4.78 is 5.52. The summed E-state index contributed by atoms with van der Waals surface area (Å²) in [6, 6.07) is 5.01. The van der Waals surface area contributed by atoms with Crippen molar-refractivity contribution in [2.45, 2.75) is 25.9 Å². The van der Waals surface area contributed by atoms with Gasteiger partial charge in [0.2, 0.25) is 5.91 Å². The lowest BCUT2D eigenvalue weighted by Crippen LogP contribution is -2.44. The third-order valence-corrected chi connectivity index (χ3v) is 3.25. The molecular weight excluding hydrogens is 288 g/mol. The fraction of sp³-hybridized carbons (Fsp3) is 0.357. The van der Waals surface area contributed by atoms with Gasteiger partial charge in [0.15, 0.2) is 0 Å². The van der Waals surface area contributed by atoms with Crippen molar-refractivity contribution in [2.24, 2.45) is 0 Å². The van der Waals surface area contributed by atoms with Gasteiger partial charge in [0.1, 0.15) is 17.6 Å². The minimum Gasteiger partial charge on any atom is -0.467 e. The first-order valence-electron chi connectivity index (χ1n) is 6.68. The third kappa shape index (κ3) is 2.95. The Labute approximate surface area is 126 Å². The number of hydrogen-bond donors (Lipinski definition) is 1. The van der Waals surface area contributed by atoms with Crippen LogP contribution in [0.15, 0.2) is 29.1 Å². The summed E-state index contributed by atoms with van der Waals surface area (Å²) in [6.07, 6.45) is 0. The van der Waals surface area contributed by atoms with Crippen LogP contribution < -0.4 is 10.9 Å². The molecule has 0 saturated heterocycles. The van der Waals surface area contributed by atoms with E-state index in [1.807, 2.05) is 0 Å². The highest BCUT2D eigenvalue weighted by molar-refractivity contribution is 5.86. The molecule has 1 N–H and O–H groups in total. The van der Waals surface area contributed by atoms with Gasteiger partial charge in [0.05, 0.1) is 12.5 Å². The molecule has 0 radical (unpaired) electrons. The van der Waals surface area contributed by atoms with E-state index in [9.17, 15) is 14.4 Å². The largest absolute Gasteiger partial charge is 0.467 e. The highest BCUT2D eigenvalue weighted by Gasteiger charge is 2.23. The van der Waals surface area contributed by atoms with E-state index in [1.165, 1.54) is 21.0 Å². The van der Waals surface area contributed by atoms with Crippen LogP contribution in [-0.4, -0.2) is 40.0 Å². The number of methoxy groups -OCH3 is 1. The molecular formula is C14H16N4O4. The predicted octanol–water partition coefficient (Wildman–Crippen LogP) is 0.0302. The predicted molar refractivity (Wildman–Crippen MR) is 78.1 cm³/mol. The number of nitrogens with one attached hydrogen (secondary N) is 1. The first kappa shape index (κ1) is 15.6. The second-order valence-electron chi connectivity index (χ2n) is 4.79. The van der Waals surface area contributed by atoms with Gasteiger partial charge in [-0.1, -0.05) is 17.3 Å². The number of hydrogen-bond acceptors (Lipinski definition) is 6. The van der Waals surface area contributed by atoms with Crippen molar-refractivity contribution in [1.29, 1.82) is 0 Å². The van der Waals surface area contributed by atoms with Crippen LogP contribution in [0.1, 0.15) is 19.9 Å². The Morgan fingerprint density at radius 1 is 1.27 bits per heavy atom. The maximum atomic E-state index is 12.3. The second-order valence-corrected chi connectivity index (χ2v) is 4.79. The number of rotatable bonds is 4. The van der Waals surface area contributed by atoms with Gasteiger partial charge < -0.3 is 10.1 Å². The minimum atomic E-state index is -0.906. The van der Waals surface area contributed by atoms with Crippen LogP contribution in [0.25, 0.3) is 10.9 Å². The zero-order valence-electron chi connectivity index (χ0n) is 12.4. The Morgan fingerprint density at radius 3 is 2.64 bits per heavy atom. The smallest absolute Gasteiger partial charge is 0.328 e. The molecule has 1 aromatic carbocycles. The fourth-order valence-electron chi connectivity index (χ4n) is 1.94. The molecule has 8 heteroatoms. The molecule has 116 valence electrons. The van der Waals surface area contributed by atoms with Gasteiger partial charge in [-0.2, -0.15) is 4.68 Å². The summed E-state index contributed by atoms with van der Waals surface area (Å²) >= 11 is 0. The van der Waals surface area contributed by atoms with Crippen molar-refractivity contribution in [3.63, 3.8) is 0 Å².